The summed E-state index contributed by atoms with van der Waals surface area (Å²) in [6.45, 7) is 3.27. The van der Waals surface area contributed by atoms with E-state index in [1.807, 2.05) is 24.3 Å². The molecule has 0 amide bonds. The number of piperazine rings is 1. The van der Waals surface area contributed by atoms with Gasteiger partial charge in [-0.3, -0.25) is 0 Å². The van der Waals surface area contributed by atoms with E-state index in [0.717, 1.165) is 49.9 Å². The molecule has 0 radical (unpaired) electrons. The molecule has 8 heteroatoms. The fourth-order valence-corrected chi connectivity index (χ4v) is 5.04. The first-order valence-electron chi connectivity index (χ1n) is 12.7. The fourth-order valence-electron chi connectivity index (χ4n) is 5.04. The summed E-state index contributed by atoms with van der Waals surface area (Å²) >= 11 is 0. The average Bonchev–Trinajstić information content (AvgIpc) is 2.92. The minimum Gasteiger partial charge on any atom is -0.461 e. The third kappa shape index (κ3) is 5.26. The molecule has 0 spiro atoms. The standard InChI is InChI=1S/C28H30FN5O2/c29-22-8-4-7-20(15-22)21-9-10-24-25(16-21)33-27(34-13-11-31-12-14-34)26(32-24)23(17-30)28(35)36-18-19-5-2-1-3-6-19/h4,7-10,15-16,19,31-32H,1-3,5-6,11-14,18H2. The van der Waals surface area contributed by atoms with Crippen LogP contribution in [0.4, 0.5) is 15.8 Å². The number of halogens is 1. The normalized spacial score (nSPS) is 19.4. The Morgan fingerprint density at radius 1 is 1.11 bits per heavy atom. The van der Waals surface area contributed by atoms with Crippen molar-refractivity contribution in [3.63, 3.8) is 0 Å². The minimum absolute atomic E-state index is 0.0667. The molecule has 1 saturated carbocycles. The maximum atomic E-state index is 13.8. The Labute approximate surface area is 210 Å². The number of nitrogens with one attached hydrogen (secondary N) is 2. The molecule has 2 aromatic rings. The number of amidine groups is 1. The van der Waals surface area contributed by atoms with Gasteiger partial charge in [-0.2, -0.15) is 5.26 Å². The van der Waals surface area contributed by atoms with Gasteiger partial charge in [-0.15, -0.1) is 0 Å². The van der Waals surface area contributed by atoms with E-state index in [4.69, 9.17) is 9.73 Å². The molecule has 1 saturated heterocycles. The summed E-state index contributed by atoms with van der Waals surface area (Å²) in [5.41, 5.74) is 3.24. The number of rotatable bonds is 4. The highest BCUT2D eigenvalue weighted by atomic mass is 19.1. The highest BCUT2D eigenvalue weighted by Gasteiger charge is 2.30. The van der Waals surface area contributed by atoms with Crippen molar-refractivity contribution in [3.8, 4) is 17.2 Å². The number of fused-ring (bicyclic) bond motifs is 1. The number of esters is 1. The molecule has 1 aliphatic carbocycles. The van der Waals surface area contributed by atoms with Gasteiger partial charge in [0.15, 0.2) is 11.4 Å². The number of aliphatic imine (C=N–C) groups is 1. The Bertz CT molecular complexity index is 1240. The van der Waals surface area contributed by atoms with E-state index in [0.29, 0.717) is 48.5 Å². The van der Waals surface area contributed by atoms with Crippen molar-refractivity contribution in [1.29, 1.82) is 5.26 Å². The lowest BCUT2D eigenvalue weighted by Gasteiger charge is -2.34. The monoisotopic (exact) mass is 487 g/mol. The van der Waals surface area contributed by atoms with Crippen LogP contribution in [0.25, 0.3) is 11.1 Å². The summed E-state index contributed by atoms with van der Waals surface area (Å²) in [5, 5.41) is 16.6. The molecule has 0 unspecified atom stereocenters. The van der Waals surface area contributed by atoms with Crippen LogP contribution in [0.15, 0.2) is 58.7 Å². The van der Waals surface area contributed by atoms with Gasteiger partial charge in [-0.25, -0.2) is 14.2 Å². The van der Waals surface area contributed by atoms with E-state index >= 15 is 0 Å². The zero-order valence-electron chi connectivity index (χ0n) is 20.2. The second-order valence-electron chi connectivity index (χ2n) is 9.50. The van der Waals surface area contributed by atoms with Crippen molar-refractivity contribution in [2.45, 2.75) is 32.1 Å². The molecule has 0 aromatic heterocycles. The van der Waals surface area contributed by atoms with Gasteiger partial charge in [0.05, 0.1) is 18.0 Å². The summed E-state index contributed by atoms with van der Waals surface area (Å²) in [6, 6.07) is 14.1. The first-order valence-corrected chi connectivity index (χ1v) is 12.7. The lowest BCUT2D eigenvalue weighted by Crippen LogP contribution is -2.48. The molecule has 2 aliphatic heterocycles. The van der Waals surface area contributed by atoms with Gasteiger partial charge in [0.1, 0.15) is 17.6 Å². The predicted octanol–water partition coefficient (Wildman–Crippen LogP) is 4.75. The number of anilines is 1. The van der Waals surface area contributed by atoms with E-state index in [-0.39, 0.29) is 11.4 Å². The Hall–Kier alpha value is -3.70. The molecule has 5 rings (SSSR count). The SMILES string of the molecule is N#CC(C(=O)OCC1CCCCC1)=C1Nc2ccc(-c3cccc(F)c3)cc2N=C1N1CCNCC1. The number of hydrogen-bond acceptors (Lipinski definition) is 7. The van der Waals surface area contributed by atoms with Crippen LogP contribution in [0, 0.1) is 23.1 Å². The molecule has 2 heterocycles. The molecule has 0 atom stereocenters. The van der Waals surface area contributed by atoms with Gasteiger partial charge in [0.25, 0.3) is 0 Å². The number of benzene rings is 2. The van der Waals surface area contributed by atoms with Crippen molar-refractivity contribution >= 4 is 23.2 Å². The van der Waals surface area contributed by atoms with Crippen molar-refractivity contribution in [2.75, 3.05) is 38.1 Å². The minimum atomic E-state index is -0.617. The van der Waals surface area contributed by atoms with Crippen LogP contribution in [0.3, 0.4) is 0 Å². The van der Waals surface area contributed by atoms with E-state index in [2.05, 4.69) is 21.6 Å². The van der Waals surface area contributed by atoms with Crippen molar-refractivity contribution in [3.05, 3.63) is 59.6 Å². The smallest absolute Gasteiger partial charge is 0.351 e. The largest absolute Gasteiger partial charge is 0.461 e. The summed E-state index contributed by atoms with van der Waals surface area (Å²) in [6.07, 6.45) is 5.65. The van der Waals surface area contributed by atoms with E-state index in [1.165, 1.54) is 18.6 Å². The number of nitriles is 1. The summed E-state index contributed by atoms with van der Waals surface area (Å²) in [7, 11) is 0. The zero-order chi connectivity index (χ0) is 24.9. The Morgan fingerprint density at radius 3 is 2.64 bits per heavy atom. The van der Waals surface area contributed by atoms with Gasteiger partial charge < -0.3 is 20.3 Å². The molecule has 186 valence electrons. The lowest BCUT2D eigenvalue weighted by molar-refractivity contribution is -0.140. The molecule has 0 bridgehead atoms. The van der Waals surface area contributed by atoms with Gasteiger partial charge in [0.2, 0.25) is 0 Å². The number of carbonyl (C=O) groups excluding carboxylic acids is 1. The van der Waals surface area contributed by atoms with Crippen LogP contribution >= 0.6 is 0 Å². The van der Waals surface area contributed by atoms with E-state index in [1.54, 1.807) is 6.07 Å². The van der Waals surface area contributed by atoms with Gasteiger partial charge >= 0.3 is 5.97 Å². The molecule has 3 aliphatic rings. The van der Waals surface area contributed by atoms with Crippen LogP contribution < -0.4 is 10.6 Å². The first kappa shape index (κ1) is 24.0. The Morgan fingerprint density at radius 2 is 1.89 bits per heavy atom. The molecule has 7 nitrogen and oxygen atoms in total. The second kappa shape index (κ2) is 10.9. The van der Waals surface area contributed by atoms with Crippen LogP contribution in [-0.2, 0) is 9.53 Å². The zero-order valence-corrected chi connectivity index (χ0v) is 20.2. The maximum absolute atomic E-state index is 13.8. The quantitative estimate of drug-likeness (QED) is 0.367. The third-order valence-corrected chi connectivity index (χ3v) is 7.02. The first-order chi connectivity index (χ1) is 17.6. The average molecular weight is 488 g/mol. The molecular weight excluding hydrogens is 457 g/mol. The predicted molar refractivity (Wildman–Crippen MR) is 137 cm³/mol. The Balaban J connectivity index is 1.48. The molecule has 2 fully saturated rings. The third-order valence-electron chi connectivity index (χ3n) is 7.02. The summed E-state index contributed by atoms with van der Waals surface area (Å²) < 4.78 is 19.4. The van der Waals surface area contributed by atoms with Crippen molar-refractivity contribution < 1.29 is 13.9 Å². The second-order valence-corrected chi connectivity index (χ2v) is 9.50. The maximum Gasteiger partial charge on any atom is 0.351 e. The van der Waals surface area contributed by atoms with Gasteiger partial charge in [-0.1, -0.05) is 37.5 Å². The molecule has 36 heavy (non-hydrogen) atoms. The fraction of sp³-hybridized carbons (Fsp3) is 0.393. The number of carbonyl (C=O) groups is 1. The highest BCUT2D eigenvalue weighted by molar-refractivity contribution is 6.12. The summed E-state index contributed by atoms with van der Waals surface area (Å²) in [5.74, 6) is -0.0148. The van der Waals surface area contributed by atoms with Crippen LogP contribution in [0.2, 0.25) is 0 Å². The molecular formula is C28H30FN5O2. The number of ether oxygens (including phenoxy) is 1. The van der Waals surface area contributed by atoms with Crippen LogP contribution in [0.1, 0.15) is 32.1 Å². The topological polar surface area (TPSA) is 89.8 Å². The highest BCUT2D eigenvalue weighted by Crippen LogP contribution is 2.37. The molecule has 2 N–H and O–H groups in total. The van der Waals surface area contributed by atoms with Gasteiger partial charge in [0, 0.05) is 26.2 Å². The summed E-state index contributed by atoms with van der Waals surface area (Å²) in [4.78, 5) is 20.0. The number of hydrogen-bond donors (Lipinski definition) is 2. The Kier molecular flexibility index (Phi) is 7.28. The number of nitrogens with zero attached hydrogens (tertiary/aromatic N) is 3. The lowest BCUT2D eigenvalue weighted by atomic mass is 9.90. The van der Waals surface area contributed by atoms with Crippen molar-refractivity contribution in [2.24, 2.45) is 10.9 Å². The van der Waals surface area contributed by atoms with Crippen molar-refractivity contribution in [1.82, 2.24) is 10.2 Å². The molecule has 2 aromatic carbocycles. The van der Waals surface area contributed by atoms with E-state index < -0.39 is 5.97 Å². The van der Waals surface area contributed by atoms with Crippen LogP contribution in [0.5, 0.6) is 0 Å². The van der Waals surface area contributed by atoms with Gasteiger partial charge in [-0.05, 0) is 54.2 Å². The van der Waals surface area contributed by atoms with E-state index in [9.17, 15) is 14.4 Å². The van der Waals surface area contributed by atoms with Crippen LogP contribution in [-0.4, -0.2) is 49.5 Å².